The highest BCUT2D eigenvalue weighted by atomic mass is 35.5. The molecule has 5 nitrogen and oxygen atoms in total. The molecule has 2 aromatic carbocycles. The minimum Gasteiger partial charge on any atom is -0.338 e. The van der Waals surface area contributed by atoms with Gasteiger partial charge in [0.25, 0.3) is 5.91 Å². The zero-order valence-electron chi connectivity index (χ0n) is 14.2. The van der Waals surface area contributed by atoms with Crippen LogP contribution >= 0.6 is 11.6 Å². The fourth-order valence-corrected chi connectivity index (χ4v) is 4.99. The lowest BCUT2D eigenvalue weighted by Gasteiger charge is -2.30. The summed E-state index contributed by atoms with van der Waals surface area (Å²) < 4.78 is 40.0. The predicted octanol–water partition coefficient (Wildman–Crippen LogP) is 3.87. The molecule has 2 aliphatic rings. The molecule has 0 saturated carbocycles. The molecule has 0 aliphatic carbocycles. The van der Waals surface area contributed by atoms with Crippen LogP contribution in [0.2, 0.25) is 5.02 Å². The van der Waals surface area contributed by atoms with Gasteiger partial charge in [-0.2, -0.15) is 0 Å². The predicted molar refractivity (Wildman–Crippen MR) is 101 cm³/mol. The summed E-state index contributed by atoms with van der Waals surface area (Å²) in [5.74, 6) is -1.09. The fraction of sp³-hybridized carbons (Fsp3) is 0.211. The van der Waals surface area contributed by atoms with Crippen LogP contribution in [-0.4, -0.2) is 32.3 Å². The average Bonchev–Trinajstić information content (AvgIpc) is 3.17. The third-order valence-corrected chi connectivity index (χ3v) is 6.75. The van der Waals surface area contributed by atoms with Gasteiger partial charge in [-0.25, -0.2) is 12.8 Å². The maximum absolute atomic E-state index is 13.9. The number of hydrogen-bond donors (Lipinski definition) is 0. The summed E-state index contributed by atoms with van der Waals surface area (Å²) >= 11 is 5.94. The topological polar surface area (TPSA) is 57.7 Å². The molecule has 1 amide bonds. The molecule has 0 N–H and O–H groups in total. The van der Waals surface area contributed by atoms with Gasteiger partial charge in [0.05, 0.1) is 10.6 Å². The number of carbonyl (C=O) groups is 1. The Morgan fingerprint density at radius 3 is 2.37 bits per heavy atom. The number of likely N-dealkylation sites (tertiary alicyclic amines) is 1. The van der Waals surface area contributed by atoms with Gasteiger partial charge < -0.3 is 9.80 Å². The van der Waals surface area contributed by atoms with Crippen LogP contribution in [0.1, 0.15) is 12.8 Å². The van der Waals surface area contributed by atoms with E-state index in [0.717, 1.165) is 25.0 Å². The minimum absolute atomic E-state index is 0.0936. The number of halogens is 2. The molecule has 140 valence electrons. The fourth-order valence-electron chi connectivity index (χ4n) is 3.34. The Hall–Kier alpha value is -2.38. The van der Waals surface area contributed by atoms with Crippen LogP contribution in [0.15, 0.2) is 58.5 Å². The van der Waals surface area contributed by atoms with Crippen LogP contribution in [-0.2, 0) is 14.6 Å². The van der Waals surface area contributed by atoms with Gasteiger partial charge in [0.2, 0.25) is 9.84 Å². The first kappa shape index (κ1) is 18.0. The van der Waals surface area contributed by atoms with Crippen molar-refractivity contribution in [2.45, 2.75) is 17.7 Å². The van der Waals surface area contributed by atoms with Gasteiger partial charge in [0.1, 0.15) is 5.82 Å². The SMILES string of the molecule is O=C(C1=CN(c2ccc(Cl)cc2)c2cc(F)ccc2S1(=O)=O)N1CCCC1. The third kappa shape index (κ3) is 3.11. The van der Waals surface area contributed by atoms with Crippen molar-refractivity contribution in [3.8, 4) is 0 Å². The number of amides is 1. The molecule has 27 heavy (non-hydrogen) atoms. The monoisotopic (exact) mass is 406 g/mol. The average molecular weight is 407 g/mol. The van der Waals surface area contributed by atoms with Crippen LogP contribution < -0.4 is 4.90 Å². The molecule has 1 saturated heterocycles. The second-order valence-corrected chi connectivity index (χ2v) is 8.78. The highest BCUT2D eigenvalue weighted by Gasteiger charge is 2.38. The summed E-state index contributed by atoms with van der Waals surface area (Å²) in [4.78, 5) is 15.5. The van der Waals surface area contributed by atoms with Crippen molar-refractivity contribution >= 4 is 38.7 Å². The molecule has 0 spiro atoms. The van der Waals surface area contributed by atoms with E-state index in [4.69, 9.17) is 11.6 Å². The van der Waals surface area contributed by atoms with Crippen LogP contribution in [0.5, 0.6) is 0 Å². The second-order valence-electron chi connectivity index (χ2n) is 6.45. The zero-order valence-corrected chi connectivity index (χ0v) is 15.8. The standard InChI is InChI=1S/C19H16ClFN2O3S/c20-13-3-6-15(7-4-13)23-12-18(19(24)22-9-1-2-10-22)27(25,26)17-8-5-14(21)11-16(17)23/h3-8,11-12H,1-2,9-10H2. The molecule has 2 heterocycles. The summed E-state index contributed by atoms with van der Waals surface area (Å²) in [6.45, 7) is 1.06. The summed E-state index contributed by atoms with van der Waals surface area (Å²) in [5, 5.41) is 0.514. The van der Waals surface area contributed by atoms with Gasteiger partial charge >= 0.3 is 0 Å². The Kier molecular flexibility index (Phi) is 4.44. The molecule has 0 aromatic heterocycles. The van der Waals surface area contributed by atoms with E-state index >= 15 is 0 Å². The summed E-state index contributed by atoms with van der Waals surface area (Å²) in [7, 11) is -4.05. The molecule has 1 fully saturated rings. The first-order valence-corrected chi connectivity index (χ1v) is 10.3. The summed E-state index contributed by atoms with van der Waals surface area (Å²) in [6.07, 6.45) is 2.98. The van der Waals surface area contributed by atoms with Gasteiger partial charge in [-0.1, -0.05) is 11.6 Å². The highest BCUT2D eigenvalue weighted by molar-refractivity contribution is 7.96. The maximum Gasteiger partial charge on any atom is 0.267 e. The lowest BCUT2D eigenvalue weighted by Crippen LogP contribution is -2.35. The molecular formula is C19H16ClFN2O3S. The van der Waals surface area contributed by atoms with E-state index in [9.17, 15) is 17.6 Å². The molecule has 4 rings (SSSR count). The first-order valence-electron chi connectivity index (χ1n) is 8.48. The van der Waals surface area contributed by atoms with Crippen molar-refractivity contribution in [1.82, 2.24) is 4.90 Å². The van der Waals surface area contributed by atoms with Gasteiger partial charge in [0, 0.05) is 30.0 Å². The molecule has 0 radical (unpaired) electrons. The normalized spacial score (nSPS) is 18.2. The van der Waals surface area contributed by atoms with Crippen molar-refractivity contribution in [3.63, 3.8) is 0 Å². The van der Waals surface area contributed by atoms with E-state index in [0.29, 0.717) is 23.8 Å². The van der Waals surface area contributed by atoms with E-state index < -0.39 is 21.6 Å². The minimum atomic E-state index is -4.05. The van der Waals surface area contributed by atoms with Gasteiger partial charge in [-0.3, -0.25) is 4.79 Å². The first-order chi connectivity index (χ1) is 12.9. The number of sulfone groups is 1. The van der Waals surface area contributed by atoms with Crippen molar-refractivity contribution in [3.05, 3.63) is 64.4 Å². The summed E-state index contributed by atoms with van der Waals surface area (Å²) in [5.41, 5.74) is 0.739. The number of nitrogens with zero attached hydrogens (tertiary/aromatic N) is 2. The van der Waals surface area contributed by atoms with E-state index in [2.05, 4.69) is 0 Å². The number of rotatable bonds is 2. The number of hydrogen-bond acceptors (Lipinski definition) is 4. The van der Waals surface area contributed by atoms with Gasteiger partial charge in [-0.05, 0) is 55.3 Å². The molecule has 8 heteroatoms. The Bertz CT molecular complexity index is 1050. The third-order valence-electron chi connectivity index (χ3n) is 4.71. The van der Waals surface area contributed by atoms with Crippen molar-refractivity contribution in [2.75, 3.05) is 18.0 Å². The molecule has 2 aliphatic heterocycles. The van der Waals surface area contributed by atoms with Crippen LogP contribution in [0.3, 0.4) is 0 Å². The maximum atomic E-state index is 13.9. The lowest BCUT2D eigenvalue weighted by molar-refractivity contribution is -0.125. The van der Waals surface area contributed by atoms with Crippen LogP contribution in [0.25, 0.3) is 0 Å². The molecule has 0 bridgehead atoms. The number of anilines is 2. The largest absolute Gasteiger partial charge is 0.338 e. The zero-order chi connectivity index (χ0) is 19.2. The second kappa shape index (κ2) is 6.65. The van der Waals surface area contributed by atoms with Crippen molar-refractivity contribution < 1.29 is 17.6 Å². The van der Waals surface area contributed by atoms with Gasteiger partial charge in [-0.15, -0.1) is 0 Å². The number of fused-ring (bicyclic) bond motifs is 1. The van der Waals surface area contributed by atoms with E-state index in [-0.39, 0.29) is 15.5 Å². The highest BCUT2D eigenvalue weighted by Crippen LogP contribution is 2.40. The van der Waals surface area contributed by atoms with Crippen LogP contribution in [0.4, 0.5) is 15.8 Å². The number of benzene rings is 2. The lowest BCUT2D eigenvalue weighted by atomic mass is 10.2. The number of carbonyl (C=O) groups excluding carboxylic acids is 1. The Morgan fingerprint density at radius 2 is 1.70 bits per heavy atom. The molecular weight excluding hydrogens is 391 g/mol. The van der Waals surface area contributed by atoms with Crippen LogP contribution in [0, 0.1) is 5.82 Å². The molecule has 2 aromatic rings. The Morgan fingerprint density at radius 1 is 1.04 bits per heavy atom. The smallest absolute Gasteiger partial charge is 0.267 e. The quantitative estimate of drug-likeness (QED) is 0.710. The van der Waals surface area contributed by atoms with E-state index in [1.807, 2.05) is 0 Å². The summed E-state index contributed by atoms with van der Waals surface area (Å²) in [6, 6.07) is 10.1. The Balaban J connectivity index is 1.90. The molecule has 0 atom stereocenters. The van der Waals surface area contributed by atoms with Gasteiger partial charge in [0.15, 0.2) is 4.91 Å². The van der Waals surface area contributed by atoms with Crippen molar-refractivity contribution in [1.29, 1.82) is 0 Å². The van der Waals surface area contributed by atoms with E-state index in [1.54, 1.807) is 24.3 Å². The van der Waals surface area contributed by atoms with E-state index in [1.165, 1.54) is 22.1 Å². The Labute approximate surface area is 161 Å². The van der Waals surface area contributed by atoms with Crippen molar-refractivity contribution in [2.24, 2.45) is 0 Å². The molecule has 0 unspecified atom stereocenters.